The molecule has 2 heterocycles. The molecule has 2 rings (SSSR count). The molecule has 2 aliphatic rings. The number of likely N-dealkylation sites (tertiary alicyclic amines) is 2. The number of carbonyl (C=O) groups excluding carboxylic acids is 3. The molecule has 0 bridgehead atoms. The second kappa shape index (κ2) is 7.75. The van der Waals surface area contributed by atoms with Gasteiger partial charge in [0.15, 0.2) is 0 Å². The van der Waals surface area contributed by atoms with Crippen LogP contribution < -0.4 is 5.32 Å². The van der Waals surface area contributed by atoms with Gasteiger partial charge in [0.2, 0.25) is 17.7 Å². The van der Waals surface area contributed by atoms with Gasteiger partial charge in [0.1, 0.15) is 0 Å². The molecule has 0 spiro atoms. The first-order valence-electron chi connectivity index (χ1n) is 9.46. The number of nitrogens with zero attached hydrogens (tertiary/aromatic N) is 2. The highest BCUT2D eigenvalue weighted by Crippen LogP contribution is 2.28. The van der Waals surface area contributed by atoms with Crippen molar-refractivity contribution in [2.45, 2.75) is 59.4 Å². The van der Waals surface area contributed by atoms with E-state index in [1.54, 1.807) is 0 Å². The zero-order chi connectivity index (χ0) is 18.8. The Morgan fingerprint density at radius 2 is 1.76 bits per heavy atom. The second-order valence-electron chi connectivity index (χ2n) is 8.81. The average molecular weight is 351 g/mol. The third-order valence-corrected chi connectivity index (χ3v) is 5.15. The Hall–Kier alpha value is -1.59. The van der Waals surface area contributed by atoms with Gasteiger partial charge in [0.05, 0.1) is 5.92 Å². The van der Waals surface area contributed by atoms with Crippen LogP contribution in [0.4, 0.5) is 0 Å². The molecule has 0 saturated carbocycles. The minimum Gasteiger partial charge on any atom is -0.356 e. The van der Waals surface area contributed by atoms with Gasteiger partial charge in [-0.15, -0.1) is 0 Å². The first kappa shape index (κ1) is 19.7. The maximum absolute atomic E-state index is 12.8. The van der Waals surface area contributed by atoms with Gasteiger partial charge in [-0.05, 0) is 39.5 Å². The highest BCUT2D eigenvalue weighted by molar-refractivity contribution is 5.90. The van der Waals surface area contributed by atoms with Crippen molar-refractivity contribution in [3.63, 3.8) is 0 Å². The molecular weight excluding hydrogens is 318 g/mol. The summed E-state index contributed by atoms with van der Waals surface area (Å²) in [5, 5.41) is 2.99. The SMILES string of the molecule is CC(C)CNC(=O)C1CCN(C(=O)C2CC(=O)N(C(C)(C)C)C2)CC1. The molecule has 0 aromatic rings. The number of carbonyl (C=O) groups is 3. The van der Waals surface area contributed by atoms with Crippen LogP contribution in [0.25, 0.3) is 0 Å². The lowest BCUT2D eigenvalue weighted by Crippen LogP contribution is -2.46. The van der Waals surface area contributed by atoms with E-state index in [0.29, 0.717) is 51.4 Å². The van der Waals surface area contributed by atoms with Crippen LogP contribution in [0.1, 0.15) is 53.9 Å². The van der Waals surface area contributed by atoms with Crippen LogP contribution in [0.3, 0.4) is 0 Å². The lowest BCUT2D eigenvalue weighted by molar-refractivity contribution is -0.139. The largest absolute Gasteiger partial charge is 0.356 e. The lowest BCUT2D eigenvalue weighted by Gasteiger charge is -2.34. The van der Waals surface area contributed by atoms with Crippen LogP contribution in [0, 0.1) is 17.8 Å². The Labute approximate surface area is 151 Å². The summed E-state index contributed by atoms with van der Waals surface area (Å²) in [7, 11) is 0. The number of nitrogens with one attached hydrogen (secondary N) is 1. The molecule has 3 amide bonds. The molecule has 1 N–H and O–H groups in total. The minimum atomic E-state index is -0.242. The monoisotopic (exact) mass is 351 g/mol. The van der Waals surface area contributed by atoms with Crippen LogP contribution in [-0.2, 0) is 14.4 Å². The zero-order valence-corrected chi connectivity index (χ0v) is 16.3. The molecule has 0 aromatic heterocycles. The standard InChI is InChI=1S/C19H33N3O3/c1-13(2)11-20-17(24)14-6-8-21(9-7-14)18(25)15-10-16(23)22(12-15)19(3,4)5/h13-15H,6-12H2,1-5H3,(H,20,24). The molecule has 1 atom stereocenters. The Kier molecular flexibility index (Phi) is 6.12. The maximum Gasteiger partial charge on any atom is 0.227 e. The summed E-state index contributed by atoms with van der Waals surface area (Å²) < 4.78 is 0. The van der Waals surface area contributed by atoms with E-state index < -0.39 is 0 Å². The van der Waals surface area contributed by atoms with Crippen molar-refractivity contribution >= 4 is 17.7 Å². The van der Waals surface area contributed by atoms with Gasteiger partial charge in [-0.25, -0.2) is 0 Å². The van der Waals surface area contributed by atoms with Crippen LogP contribution in [0.2, 0.25) is 0 Å². The molecule has 0 aliphatic carbocycles. The number of piperidine rings is 1. The highest BCUT2D eigenvalue weighted by atomic mass is 16.2. The molecule has 2 saturated heterocycles. The van der Waals surface area contributed by atoms with E-state index >= 15 is 0 Å². The number of hydrogen-bond acceptors (Lipinski definition) is 3. The van der Waals surface area contributed by atoms with E-state index in [9.17, 15) is 14.4 Å². The van der Waals surface area contributed by atoms with Gasteiger partial charge in [-0.1, -0.05) is 13.8 Å². The molecule has 25 heavy (non-hydrogen) atoms. The van der Waals surface area contributed by atoms with Gasteiger partial charge in [-0.2, -0.15) is 0 Å². The average Bonchev–Trinajstić information content (AvgIpc) is 2.94. The number of rotatable bonds is 4. The maximum atomic E-state index is 12.8. The van der Waals surface area contributed by atoms with Crippen molar-refractivity contribution in [1.29, 1.82) is 0 Å². The van der Waals surface area contributed by atoms with Gasteiger partial charge in [0.25, 0.3) is 0 Å². The summed E-state index contributed by atoms with van der Waals surface area (Å²) in [6.07, 6.45) is 1.73. The Morgan fingerprint density at radius 3 is 2.24 bits per heavy atom. The van der Waals surface area contributed by atoms with Crippen molar-refractivity contribution in [3.05, 3.63) is 0 Å². The predicted molar refractivity (Wildman–Crippen MR) is 96.7 cm³/mol. The zero-order valence-electron chi connectivity index (χ0n) is 16.3. The first-order valence-corrected chi connectivity index (χ1v) is 9.46. The van der Waals surface area contributed by atoms with Crippen molar-refractivity contribution < 1.29 is 14.4 Å². The van der Waals surface area contributed by atoms with Crippen molar-refractivity contribution in [2.24, 2.45) is 17.8 Å². The predicted octanol–water partition coefficient (Wildman–Crippen LogP) is 1.64. The number of amides is 3. The van der Waals surface area contributed by atoms with Gasteiger partial charge in [0, 0.05) is 44.1 Å². The second-order valence-corrected chi connectivity index (χ2v) is 8.81. The van der Waals surface area contributed by atoms with E-state index in [2.05, 4.69) is 19.2 Å². The third kappa shape index (κ3) is 4.95. The van der Waals surface area contributed by atoms with E-state index in [1.165, 1.54) is 0 Å². The fourth-order valence-corrected chi connectivity index (χ4v) is 3.59. The third-order valence-electron chi connectivity index (χ3n) is 5.15. The molecule has 6 nitrogen and oxygen atoms in total. The Morgan fingerprint density at radius 1 is 1.16 bits per heavy atom. The molecule has 0 radical (unpaired) electrons. The Balaban J connectivity index is 1.84. The van der Waals surface area contributed by atoms with Crippen LogP contribution in [-0.4, -0.2) is 59.2 Å². The smallest absolute Gasteiger partial charge is 0.227 e. The molecule has 0 aromatic carbocycles. The van der Waals surface area contributed by atoms with Gasteiger partial charge >= 0.3 is 0 Å². The van der Waals surface area contributed by atoms with E-state index in [-0.39, 0.29) is 35.1 Å². The van der Waals surface area contributed by atoms with Crippen molar-refractivity contribution in [2.75, 3.05) is 26.2 Å². The first-order chi connectivity index (χ1) is 11.6. The molecular formula is C19H33N3O3. The summed E-state index contributed by atoms with van der Waals surface area (Å²) in [5.41, 5.74) is -0.242. The van der Waals surface area contributed by atoms with E-state index in [4.69, 9.17) is 0 Å². The molecule has 6 heteroatoms. The molecule has 1 unspecified atom stereocenters. The molecule has 142 valence electrons. The summed E-state index contributed by atoms with van der Waals surface area (Å²) in [5.74, 6) is 0.444. The van der Waals surface area contributed by atoms with Crippen LogP contribution in [0.5, 0.6) is 0 Å². The lowest BCUT2D eigenvalue weighted by atomic mass is 9.94. The topological polar surface area (TPSA) is 69.7 Å². The minimum absolute atomic E-state index is 0.000849. The quantitative estimate of drug-likeness (QED) is 0.837. The highest BCUT2D eigenvalue weighted by Gasteiger charge is 2.41. The van der Waals surface area contributed by atoms with Gasteiger partial charge in [-0.3, -0.25) is 14.4 Å². The summed E-state index contributed by atoms with van der Waals surface area (Å²) in [4.78, 5) is 40.8. The summed E-state index contributed by atoms with van der Waals surface area (Å²) >= 11 is 0. The van der Waals surface area contributed by atoms with Crippen molar-refractivity contribution in [1.82, 2.24) is 15.1 Å². The van der Waals surface area contributed by atoms with Gasteiger partial charge < -0.3 is 15.1 Å². The van der Waals surface area contributed by atoms with Crippen LogP contribution in [0.15, 0.2) is 0 Å². The van der Waals surface area contributed by atoms with E-state index in [1.807, 2.05) is 30.6 Å². The fraction of sp³-hybridized carbons (Fsp3) is 0.842. The fourth-order valence-electron chi connectivity index (χ4n) is 3.59. The van der Waals surface area contributed by atoms with Crippen LogP contribution >= 0.6 is 0 Å². The number of hydrogen-bond donors (Lipinski definition) is 1. The normalized spacial score (nSPS) is 22.6. The van der Waals surface area contributed by atoms with E-state index in [0.717, 1.165) is 0 Å². The summed E-state index contributed by atoms with van der Waals surface area (Å²) in [6.45, 7) is 12.6. The molecule has 2 aliphatic heterocycles. The Bertz CT molecular complexity index is 516. The van der Waals surface area contributed by atoms with Crippen molar-refractivity contribution in [3.8, 4) is 0 Å². The molecule has 2 fully saturated rings. The summed E-state index contributed by atoms with van der Waals surface area (Å²) in [6, 6.07) is 0.